The zero-order chi connectivity index (χ0) is 18.0. The Morgan fingerprint density at radius 2 is 1.92 bits per heavy atom. The minimum absolute atomic E-state index is 0.0528. The van der Waals surface area contributed by atoms with E-state index in [-0.39, 0.29) is 17.6 Å². The highest BCUT2D eigenvalue weighted by atomic mass is 19.1. The number of carbonyl (C=O) groups excluding carboxylic acids is 2. The minimum Gasteiger partial charge on any atom is -0.356 e. The Labute approximate surface area is 148 Å². The number of aryl methyl sites for hydroxylation is 1. The zero-order valence-electron chi connectivity index (χ0n) is 15.1. The van der Waals surface area contributed by atoms with Gasteiger partial charge in [0.25, 0.3) is 0 Å². The predicted molar refractivity (Wildman–Crippen MR) is 94.7 cm³/mol. The lowest BCUT2D eigenvalue weighted by molar-refractivity contribution is -0.136. The van der Waals surface area contributed by atoms with Crippen molar-refractivity contribution in [3.05, 3.63) is 35.1 Å². The fourth-order valence-corrected chi connectivity index (χ4v) is 4.41. The van der Waals surface area contributed by atoms with Gasteiger partial charge in [0, 0.05) is 32.0 Å². The second kappa shape index (κ2) is 7.54. The van der Waals surface area contributed by atoms with Gasteiger partial charge < -0.3 is 10.2 Å². The molecule has 25 heavy (non-hydrogen) atoms. The fraction of sp³-hybridized carbons (Fsp3) is 0.600. The van der Waals surface area contributed by atoms with Crippen molar-refractivity contribution in [1.29, 1.82) is 0 Å². The first-order valence-electron chi connectivity index (χ1n) is 9.27. The van der Waals surface area contributed by atoms with Crippen molar-refractivity contribution in [2.45, 2.75) is 70.4 Å². The van der Waals surface area contributed by atoms with E-state index in [2.05, 4.69) is 10.2 Å². The van der Waals surface area contributed by atoms with Crippen molar-refractivity contribution in [3.8, 4) is 0 Å². The van der Waals surface area contributed by atoms with Gasteiger partial charge in [-0.05, 0) is 62.1 Å². The largest absolute Gasteiger partial charge is 0.356 e. The molecule has 0 saturated carbocycles. The molecule has 1 unspecified atom stereocenters. The number of fused-ring (bicyclic) bond motifs is 2. The van der Waals surface area contributed by atoms with Crippen LogP contribution in [0.1, 0.15) is 62.5 Å². The van der Waals surface area contributed by atoms with Crippen LogP contribution >= 0.6 is 0 Å². The van der Waals surface area contributed by atoms with Crippen LogP contribution in [0.25, 0.3) is 0 Å². The van der Waals surface area contributed by atoms with Gasteiger partial charge in [0.2, 0.25) is 11.8 Å². The number of rotatable bonds is 5. The first-order chi connectivity index (χ1) is 12.0. The molecule has 2 amide bonds. The SMILES string of the molecule is CC(=O)NCCCC(=O)N1[C@@H]2CC[C@H]1CC(c1ccc(F)c(C)c1)C2. The maximum absolute atomic E-state index is 13.5. The molecule has 2 aliphatic rings. The number of halogens is 1. The Balaban J connectivity index is 1.59. The average molecular weight is 346 g/mol. The number of piperidine rings is 1. The molecule has 3 rings (SSSR count). The standard InChI is InChI=1S/C20H27FN2O2/c1-13-10-15(5-8-19(13)21)16-11-17-6-7-18(12-16)23(17)20(25)4-3-9-22-14(2)24/h5,8,10,16-18H,3-4,6-7,9,11-12H2,1-2H3,(H,22,24)/t16?,17-,18+. The Kier molecular flexibility index (Phi) is 5.40. The maximum atomic E-state index is 13.5. The van der Waals surface area contributed by atoms with Crippen LogP contribution < -0.4 is 5.32 Å². The van der Waals surface area contributed by atoms with Crippen LogP contribution in [0.3, 0.4) is 0 Å². The van der Waals surface area contributed by atoms with Crippen LogP contribution in [0.4, 0.5) is 4.39 Å². The van der Waals surface area contributed by atoms with Crippen LogP contribution in [0, 0.1) is 12.7 Å². The molecule has 4 nitrogen and oxygen atoms in total. The maximum Gasteiger partial charge on any atom is 0.223 e. The van der Waals surface area contributed by atoms with Gasteiger partial charge in [-0.2, -0.15) is 0 Å². The molecule has 1 N–H and O–H groups in total. The number of benzene rings is 1. The Morgan fingerprint density at radius 3 is 2.52 bits per heavy atom. The molecule has 0 radical (unpaired) electrons. The number of carbonyl (C=O) groups is 2. The van der Waals surface area contributed by atoms with Gasteiger partial charge in [0.05, 0.1) is 0 Å². The van der Waals surface area contributed by atoms with Crippen LogP contribution in [0.15, 0.2) is 18.2 Å². The molecule has 2 aliphatic heterocycles. The monoisotopic (exact) mass is 346 g/mol. The van der Waals surface area contributed by atoms with E-state index < -0.39 is 0 Å². The third-order valence-corrected chi connectivity index (χ3v) is 5.62. The van der Waals surface area contributed by atoms with Gasteiger partial charge in [-0.3, -0.25) is 9.59 Å². The molecule has 2 bridgehead atoms. The number of nitrogens with one attached hydrogen (secondary N) is 1. The van der Waals surface area contributed by atoms with E-state index >= 15 is 0 Å². The summed E-state index contributed by atoms with van der Waals surface area (Å²) in [5, 5.41) is 2.74. The second-order valence-corrected chi connectivity index (χ2v) is 7.45. The first kappa shape index (κ1) is 17.9. The van der Waals surface area contributed by atoms with Gasteiger partial charge in [-0.15, -0.1) is 0 Å². The van der Waals surface area contributed by atoms with Crippen LogP contribution in [-0.2, 0) is 9.59 Å². The Morgan fingerprint density at radius 1 is 1.24 bits per heavy atom. The second-order valence-electron chi connectivity index (χ2n) is 7.45. The van der Waals surface area contributed by atoms with Gasteiger partial charge in [-0.1, -0.05) is 12.1 Å². The summed E-state index contributed by atoms with van der Waals surface area (Å²) >= 11 is 0. The van der Waals surface area contributed by atoms with E-state index in [9.17, 15) is 14.0 Å². The van der Waals surface area contributed by atoms with E-state index in [1.54, 1.807) is 13.0 Å². The molecule has 136 valence electrons. The van der Waals surface area contributed by atoms with Crippen molar-refractivity contribution < 1.29 is 14.0 Å². The summed E-state index contributed by atoms with van der Waals surface area (Å²) in [6.07, 6.45) is 5.26. The summed E-state index contributed by atoms with van der Waals surface area (Å²) in [6.45, 7) is 3.85. The van der Waals surface area contributed by atoms with Crippen molar-refractivity contribution in [3.63, 3.8) is 0 Å². The molecule has 3 atom stereocenters. The zero-order valence-corrected chi connectivity index (χ0v) is 15.1. The summed E-state index contributed by atoms with van der Waals surface area (Å²) < 4.78 is 13.5. The topological polar surface area (TPSA) is 49.4 Å². The lowest BCUT2D eigenvalue weighted by Gasteiger charge is -2.39. The Bertz CT molecular complexity index is 647. The van der Waals surface area contributed by atoms with Crippen LogP contribution in [-0.4, -0.2) is 35.3 Å². The summed E-state index contributed by atoms with van der Waals surface area (Å²) in [5.41, 5.74) is 1.90. The number of hydrogen-bond donors (Lipinski definition) is 1. The molecule has 5 heteroatoms. The van der Waals surface area contributed by atoms with Gasteiger partial charge in [0.1, 0.15) is 5.82 Å². The molecule has 1 aromatic rings. The van der Waals surface area contributed by atoms with E-state index in [1.165, 1.54) is 12.5 Å². The van der Waals surface area contributed by atoms with E-state index in [0.717, 1.165) is 25.7 Å². The third-order valence-electron chi connectivity index (χ3n) is 5.62. The molecule has 2 heterocycles. The van der Waals surface area contributed by atoms with Crippen molar-refractivity contribution in [1.82, 2.24) is 10.2 Å². The predicted octanol–water partition coefficient (Wildman–Crippen LogP) is 3.29. The smallest absolute Gasteiger partial charge is 0.223 e. The van der Waals surface area contributed by atoms with Crippen LogP contribution in [0.5, 0.6) is 0 Å². The molecule has 0 aliphatic carbocycles. The summed E-state index contributed by atoms with van der Waals surface area (Å²) in [6, 6.07) is 6.04. The van der Waals surface area contributed by atoms with E-state index in [1.807, 2.05) is 12.1 Å². The molecular formula is C20H27FN2O2. The fourth-order valence-electron chi connectivity index (χ4n) is 4.41. The van der Waals surface area contributed by atoms with Crippen molar-refractivity contribution in [2.75, 3.05) is 6.54 Å². The number of amides is 2. The van der Waals surface area contributed by atoms with Crippen LogP contribution in [0.2, 0.25) is 0 Å². The molecule has 2 fully saturated rings. The summed E-state index contributed by atoms with van der Waals surface area (Å²) in [7, 11) is 0. The Hall–Kier alpha value is -1.91. The van der Waals surface area contributed by atoms with Gasteiger partial charge in [0.15, 0.2) is 0 Å². The number of nitrogens with zero attached hydrogens (tertiary/aromatic N) is 1. The molecule has 0 aromatic heterocycles. The lowest BCUT2D eigenvalue weighted by atomic mass is 9.84. The molecule has 1 aromatic carbocycles. The first-order valence-corrected chi connectivity index (χ1v) is 9.27. The average Bonchev–Trinajstić information content (AvgIpc) is 2.84. The summed E-state index contributed by atoms with van der Waals surface area (Å²) in [5.74, 6) is 0.424. The summed E-state index contributed by atoms with van der Waals surface area (Å²) in [4.78, 5) is 25.6. The number of hydrogen-bond acceptors (Lipinski definition) is 2. The quantitative estimate of drug-likeness (QED) is 0.832. The normalized spacial score (nSPS) is 25.1. The highest BCUT2D eigenvalue weighted by molar-refractivity contribution is 5.77. The van der Waals surface area contributed by atoms with E-state index in [0.29, 0.717) is 43.0 Å². The van der Waals surface area contributed by atoms with Crippen molar-refractivity contribution >= 4 is 11.8 Å². The van der Waals surface area contributed by atoms with Crippen molar-refractivity contribution in [2.24, 2.45) is 0 Å². The van der Waals surface area contributed by atoms with Gasteiger partial charge in [-0.25, -0.2) is 4.39 Å². The molecule has 0 spiro atoms. The van der Waals surface area contributed by atoms with Gasteiger partial charge >= 0.3 is 0 Å². The molecule has 2 saturated heterocycles. The molecular weight excluding hydrogens is 319 g/mol. The highest BCUT2D eigenvalue weighted by Crippen LogP contribution is 2.43. The lowest BCUT2D eigenvalue weighted by Crippen LogP contribution is -2.46. The van der Waals surface area contributed by atoms with E-state index in [4.69, 9.17) is 0 Å². The third kappa shape index (κ3) is 4.02. The highest BCUT2D eigenvalue weighted by Gasteiger charge is 2.43. The minimum atomic E-state index is -0.154.